The van der Waals surface area contributed by atoms with Gasteiger partial charge >= 0.3 is 5.97 Å². The van der Waals surface area contributed by atoms with Crippen LogP contribution in [-0.4, -0.2) is 43.1 Å². The van der Waals surface area contributed by atoms with Crippen LogP contribution in [0.2, 0.25) is 0 Å². The number of nitrogens with zero attached hydrogens (tertiary/aromatic N) is 2. The highest BCUT2D eigenvalue weighted by Crippen LogP contribution is 2.29. The van der Waals surface area contributed by atoms with Gasteiger partial charge in [0.1, 0.15) is 23.0 Å². The molecule has 1 saturated heterocycles. The Bertz CT molecular complexity index is 955. The van der Waals surface area contributed by atoms with Crippen LogP contribution in [0.3, 0.4) is 0 Å². The number of hydrogen-bond donors (Lipinski definition) is 2. The number of hydrogen-bond acceptors (Lipinski definition) is 6. The molecular formula is C19H19F3N4O3. The van der Waals surface area contributed by atoms with Crippen molar-refractivity contribution in [2.45, 2.75) is 19.4 Å². The van der Waals surface area contributed by atoms with Crippen molar-refractivity contribution in [2.24, 2.45) is 0 Å². The number of methoxy groups -OCH3 is 1. The highest BCUT2D eigenvalue weighted by atomic mass is 19.1. The molecule has 3 rings (SSSR count). The lowest BCUT2D eigenvalue weighted by Crippen LogP contribution is -2.36. The minimum Gasteiger partial charge on any atom is -0.465 e. The molecule has 1 aromatic carbocycles. The van der Waals surface area contributed by atoms with Crippen molar-refractivity contribution in [3.8, 4) is 0 Å². The first kappa shape index (κ1) is 20.4. The number of benzene rings is 1. The number of anilines is 3. The molecule has 1 aliphatic rings. The van der Waals surface area contributed by atoms with Crippen LogP contribution >= 0.6 is 0 Å². The first-order chi connectivity index (χ1) is 13.8. The van der Waals surface area contributed by atoms with Gasteiger partial charge < -0.3 is 20.3 Å². The van der Waals surface area contributed by atoms with E-state index in [-0.39, 0.29) is 34.8 Å². The third-order valence-corrected chi connectivity index (χ3v) is 4.44. The van der Waals surface area contributed by atoms with E-state index in [9.17, 15) is 22.8 Å². The van der Waals surface area contributed by atoms with E-state index < -0.39 is 23.4 Å². The summed E-state index contributed by atoms with van der Waals surface area (Å²) in [5, 5.41) is 5.36. The van der Waals surface area contributed by atoms with Gasteiger partial charge in [-0.15, -0.1) is 0 Å². The Morgan fingerprint density at radius 1 is 1.21 bits per heavy atom. The fourth-order valence-corrected chi connectivity index (χ4v) is 3.14. The van der Waals surface area contributed by atoms with Gasteiger partial charge in [0.25, 0.3) is 0 Å². The Morgan fingerprint density at radius 2 is 1.97 bits per heavy atom. The minimum atomic E-state index is -0.902. The normalized spacial score (nSPS) is 15.9. The zero-order valence-corrected chi connectivity index (χ0v) is 15.8. The first-order valence-corrected chi connectivity index (χ1v) is 8.81. The smallest absolute Gasteiger partial charge is 0.341 e. The predicted molar refractivity (Wildman–Crippen MR) is 99.6 cm³/mol. The van der Waals surface area contributed by atoms with Crippen molar-refractivity contribution in [2.75, 3.05) is 30.4 Å². The number of carbonyl (C=O) groups is 2. The van der Waals surface area contributed by atoms with E-state index in [1.165, 1.54) is 6.92 Å². The summed E-state index contributed by atoms with van der Waals surface area (Å²) in [5.74, 6) is -3.70. The Labute approximate surface area is 164 Å². The van der Waals surface area contributed by atoms with E-state index in [0.29, 0.717) is 25.6 Å². The highest BCUT2D eigenvalue weighted by Gasteiger charge is 2.28. The Kier molecular flexibility index (Phi) is 5.90. The third kappa shape index (κ3) is 4.58. The van der Waals surface area contributed by atoms with Crippen LogP contribution in [0.1, 0.15) is 23.7 Å². The summed E-state index contributed by atoms with van der Waals surface area (Å²) >= 11 is 0. The van der Waals surface area contributed by atoms with E-state index in [4.69, 9.17) is 0 Å². The maximum atomic E-state index is 14.7. The molecule has 1 fully saturated rings. The number of nitrogens with one attached hydrogen (secondary N) is 2. The molecule has 1 aliphatic heterocycles. The van der Waals surface area contributed by atoms with Crippen molar-refractivity contribution < 1.29 is 27.5 Å². The average Bonchev–Trinajstić information content (AvgIpc) is 3.11. The van der Waals surface area contributed by atoms with Crippen molar-refractivity contribution in [1.29, 1.82) is 0 Å². The van der Waals surface area contributed by atoms with Gasteiger partial charge in [0, 0.05) is 32.1 Å². The Balaban J connectivity index is 1.96. The maximum absolute atomic E-state index is 14.7. The van der Waals surface area contributed by atoms with E-state index in [0.717, 1.165) is 25.3 Å². The number of esters is 1. The lowest BCUT2D eigenvalue weighted by Gasteiger charge is -2.20. The predicted octanol–water partition coefficient (Wildman–Crippen LogP) is 2.74. The maximum Gasteiger partial charge on any atom is 0.341 e. The van der Waals surface area contributed by atoms with Gasteiger partial charge in [-0.05, 0) is 24.6 Å². The molecule has 0 spiro atoms. The largest absolute Gasteiger partial charge is 0.465 e. The number of amides is 1. The van der Waals surface area contributed by atoms with Gasteiger partial charge in [0.05, 0.1) is 12.8 Å². The van der Waals surface area contributed by atoms with E-state index in [2.05, 4.69) is 20.4 Å². The van der Waals surface area contributed by atoms with Gasteiger partial charge in [-0.1, -0.05) is 0 Å². The summed E-state index contributed by atoms with van der Waals surface area (Å²) in [5.41, 5.74) is -0.380. The number of rotatable bonds is 5. The third-order valence-electron chi connectivity index (χ3n) is 4.44. The molecule has 2 aromatic rings. The van der Waals surface area contributed by atoms with Gasteiger partial charge in [-0.25, -0.2) is 22.9 Å². The first-order valence-electron chi connectivity index (χ1n) is 8.81. The molecule has 29 heavy (non-hydrogen) atoms. The minimum absolute atomic E-state index is 0.0597. The van der Waals surface area contributed by atoms with Crippen LogP contribution in [-0.2, 0) is 9.53 Å². The fraction of sp³-hybridized carbons (Fsp3) is 0.316. The summed E-state index contributed by atoms with van der Waals surface area (Å²) in [6, 6.07) is 3.62. The van der Waals surface area contributed by atoms with Gasteiger partial charge in [0.15, 0.2) is 11.6 Å². The molecule has 1 amide bonds. The summed E-state index contributed by atoms with van der Waals surface area (Å²) in [6.07, 6.45) is 0.592. The number of halogens is 3. The molecule has 1 unspecified atom stereocenters. The molecule has 1 atom stereocenters. The second kappa shape index (κ2) is 8.38. The van der Waals surface area contributed by atoms with Crippen molar-refractivity contribution >= 4 is 29.2 Å². The second-order valence-corrected chi connectivity index (χ2v) is 6.56. The summed E-state index contributed by atoms with van der Waals surface area (Å²) in [7, 11) is 1.12. The molecule has 0 radical (unpaired) electrons. The monoisotopic (exact) mass is 408 g/mol. The molecule has 10 heteroatoms. The van der Waals surface area contributed by atoms with E-state index >= 15 is 0 Å². The van der Waals surface area contributed by atoms with Crippen LogP contribution in [0.25, 0.3) is 0 Å². The molecule has 0 saturated carbocycles. The number of ether oxygens (including phenoxy) is 1. The lowest BCUT2D eigenvalue weighted by molar-refractivity contribution is -0.119. The SMILES string of the molecule is COC(=O)c1cc(F)c(N2CCC(NC(C)=O)C2)nc1Nc1ccc(F)cc1F. The molecule has 0 aliphatic carbocycles. The number of carbonyl (C=O) groups excluding carboxylic acids is 2. The van der Waals surface area contributed by atoms with Gasteiger partial charge in [-0.3, -0.25) is 4.79 Å². The van der Waals surface area contributed by atoms with E-state index in [1.807, 2.05) is 0 Å². The van der Waals surface area contributed by atoms with E-state index in [1.54, 1.807) is 4.90 Å². The molecule has 2 heterocycles. The molecule has 7 nitrogen and oxygen atoms in total. The molecular weight excluding hydrogens is 389 g/mol. The number of pyridine rings is 1. The fourth-order valence-electron chi connectivity index (χ4n) is 3.14. The zero-order valence-electron chi connectivity index (χ0n) is 15.8. The Morgan fingerprint density at radius 3 is 2.62 bits per heavy atom. The molecule has 1 aromatic heterocycles. The van der Waals surface area contributed by atoms with Crippen LogP contribution in [0.15, 0.2) is 24.3 Å². The summed E-state index contributed by atoms with van der Waals surface area (Å²) < 4.78 is 46.5. The van der Waals surface area contributed by atoms with Crippen LogP contribution < -0.4 is 15.5 Å². The van der Waals surface area contributed by atoms with Crippen molar-refractivity contribution in [3.05, 3.63) is 47.3 Å². The quantitative estimate of drug-likeness (QED) is 0.741. The summed E-state index contributed by atoms with van der Waals surface area (Å²) in [6.45, 7) is 2.15. The van der Waals surface area contributed by atoms with Gasteiger partial charge in [0.2, 0.25) is 5.91 Å². The van der Waals surface area contributed by atoms with Gasteiger partial charge in [-0.2, -0.15) is 0 Å². The van der Waals surface area contributed by atoms with Crippen LogP contribution in [0.5, 0.6) is 0 Å². The molecule has 0 bridgehead atoms. The average molecular weight is 408 g/mol. The molecule has 154 valence electrons. The zero-order chi connectivity index (χ0) is 21.1. The second-order valence-electron chi connectivity index (χ2n) is 6.56. The summed E-state index contributed by atoms with van der Waals surface area (Å²) in [4.78, 5) is 29.0. The topological polar surface area (TPSA) is 83.6 Å². The molecule has 2 N–H and O–H groups in total. The van der Waals surface area contributed by atoms with Crippen LogP contribution in [0.4, 0.5) is 30.5 Å². The van der Waals surface area contributed by atoms with Crippen LogP contribution in [0, 0.1) is 17.5 Å². The lowest BCUT2D eigenvalue weighted by atomic mass is 10.2. The van der Waals surface area contributed by atoms with Crippen molar-refractivity contribution in [3.63, 3.8) is 0 Å². The highest BCUT2D eigenvalue weighted by molar-refractivity contribution is 5.96. The number of aromatic nitrogens is 1. The Hall–Kier alpha value is -3.30. The standard InChI is InChI=1S/C19H19F3N4O3/c1-10(27)23-12-5-6-26(9-12)18-15(22)8-13(19(28)29-2)17(25-18)24-16-4-3-11(20)7-14(16)21/h3-4,7-8,12H,5-6,9H2,1-2H3,(H,23,27)(H,24,25). The van der Waals surface area contributed by atoms with Crippen molar-refractivity contribution in [1.82, 2.24) is 10.3 Å².